The molecule has 0 bridgehead atoms. The highest BCUT2D eigenvalue weighted by molar-refractivity contribution is 5.85. The minimum absolute atomic E-state index is 0.0157. The molecule has 0 saturated carbocycles. The molecule has 0 aliphatic carbocycles. The van der Waals surface area contributed by atoms with Gasteiger partial charge in [-0.1, -0.05) is 42.5 Å². The molecule has 0 amide bonds. The van der Waals surface area contributed by atoms with Crippen LogP contribution in [-0.4, -0.2) is 41.3 Å². The summed E-state index contributed by atoms with van der Waals surface area (Å²) in [6.45, 7) is 7.87. The second-order valence-corrected chi connectivity index (χ2v) is 7.25. The number of aromatic nitrogens is 1. The van der Waals surface area contributed by atoms with Crippen LogP contribution in [0.25, 0.3) is 22.2 Å². The Labute approximate surface area is 160 Å². The Morgan fingerprint density at radius 2 is 1.85 bits per heavy atom. The van der Waals surface area contributed by atoms with Crippen LogP contribution in [0.1, 0.15) is 29.7 Å². The number of hydrogen-bond acceptors (Lipinski definition) is 4. The molecule has 1 N–H and O–H groups in total. The van der Waals surface area contributed by atoms with Crippen LogP contribution in [0, 0.1) is 6.92 Å². The second-order valence-electron chi connectivity index (χ2n) is 7.25. The number of aryl methyl sites for hydroxylation is 1. The molecule has 0 radical (unpaired) electrons. The van der Waals surface area contributed by atoms with Crippen molar-refractivity contribution in [2.45, 2.75) is 26.5 Å². The van der Waals surface area contributed by atoms with Gasteiger partial charge in [0.1, 0.15) is 0 Å². The maximum Gasteiger partial charge on any atom is 0.0764 e. The van der Waals surface area contributed by atoms with E-state index in [4.69, 9.17) is 9.72 Å². The standard InChI is InChI=1S/C23H26N2O2/c1-16-4-3-5-20-14-21(15-26)23(24-22(16)20)19-8-6-18(7-9-19)17(2)25-10-12-27-13-11-25/h3-9,14,17,26H,10-13,15H2,1-2H3/t17-/m0/s1. The van der Waals surface area contributed by atoms with Crippen LogP contribution in [0.5, 0.6) is 0 Å². The van der Waals surface area contributed by atoms with Crippen molar-refractivity contribution in [1.29, 1.82) is 0 Å². The van der Waals surface area contributed by atoms with E-state index in [9.17, 15) is 5.11 Å². The molecule has 1 aliphatic rings. The van der Waals surface area contributed by atoms with E-state index in [1.54, 1.807) is 0 Å². The van der Waals surface area contributed by atoms with Gasteiger partial charge in [0.05, 0.1) is 31.0 Å². The van der Waals surface area contributed by atoms with E-state index in [2.05, 4.69) is 55.1 Å². The van der Waals surface area contributed by atoms with Gasteiger partial charge in [-0.25, -0.2) is 4.98 Å². The number of rotatable bonds is 4. The van der Waals surface area contributed by atoms with E-state index in [0.29, 0.717) is 6.04 Å². The van der Waals surface area contributed by atoms with Crippen molar-refractivity contribution in [2.75, 3.05) is 26.3 Å². The first-order valence-corrected chi connectivity index (χ1v) is 9.59. The van der Waals surface area contributed by atoms with E-state index >= 15 is 0 Å². The molecular formula is C23H26N2O2. The summed E-state index contributed by atoms with van der Waals surface area (Å²) >= 11 is 0. The lowest BCUT2D eigenvalue weighted by Gasteiger charge is -2.32. The van der Waals surface area contributed by atoms with Crippen LogP contribution < -0.4 is 0 Å². The van der Waals surface area contributed by atoms with Crippen molar-refractivity contribution in [2.24, 2.45) is 0 Å². The third-order valence-corrected chi connectivity index (χ3v) is 5.56. The average molecular weight is 362 g/mol. The summed E-state index contributed by atoms with van der Waals surface area (Å²) in [4.78, 5) is 7.35. The largest absolute Gasteiger partial charge is 0.392 e. The zero-order valence-electron chi connectivity index (χ0n) is 16.0. The van der Waals surface area contributed by atoms with E-state index < -0.39 is 0 Å². The zero-order chi connectivity index (χ0) is 18.8. The number of aliphatic hydroxyl groups excluding tert-OH is 1. The molecule has 2 aromatic carbocycles. The summed E-state index contributed by atoms with van der Waals surface area (Å²) in [6.07, 6.45) is 0. The topological polar surface area (TPSA) is 45.6 Å². The SMILES string of the molecule is Cc1cccc2cc(CO)c(-c3ccc([C@H](C)N4CCOCC4)cc3)nc12. The number of hydrogen-bond donors (Lipinski definition) is 1. The first-order valence-electron chi connectivity index (χ1n) is 9.59. The molecule has 140 valence electrons. The van der Waals surface area contributed by atoms with Crippen LogP contribution in [0.3, 0.4) is 0 Å². The Kier molecular flexibility index (Phi) is 5.21. The summed E-state index contributed by atoms with van der Waals surface area (Å²) in [6, 6.07) is 17.2. The van der Waals surface area contributed by atoms with Gasteiger partial charge < -0.3 is 9.84 Å². The maximum atomic E-state index is 9.86. The maximum absolute atomic E-state index is 9.86. The molecule has 1 fully saturated rings. The monoisotopic (exact) mass is 362 g/mol. The molecule has 4 rings (SSSR count). The lowest BCUT2D eigenvalue weighted by Crippen LogP contribution is -2.37. The molecule has 1 atom stereocenters. The van der Waals surface area contributed by atoms with Crippen LogP contribution in [0.2, 0.25) is 0 Å². The Morgan fingerprint density at radius 1 is 1.11 bits per heavy atom. The number of para-hydroxylation sites is 1. The van der Waals surface area contributed by atoms with Crippen molar-refractivity contribution < 1.29 is 9.84 Å². The number of fused-ring (bicyclic) bond motifs is 1. The normalized spacial score (nSPS) is 16.6. The third kappa shape index (κ3) is 3.61. The molecule has 2 heterocycles. The van der Waals surface area contributed by atoms with Crippen LogP contribution in [0.4, 0.5) is 0 Å². The highest BCUT2D eigenvalue weighted by atomic mass is 16.5. The first kappa shape index (κ1) is 18.1. The molecule has 1 saturated heterocycles. The predicted octanol–water partition coefficient (Wildman–Crippen LogP) is 4.10. The van der Waals surface area contributed by atoms with E-state index in [0.717, 1.165) is 59.6 Å². The van der Waals surface area contributed by atoms with E-state index in [1.807, 2.05) is 12.1 Å². The molecule has 4 heteroatoms. The molecule has 1 aliphatic heterocycles. The van der Waals surface area contributed by atoms with Crippen LogP contribution >= 0.6 is 0 Å². The molecule has 0 unspecified atom stereocenters. The molecule has 3 aromatic rings. The fraction of sp³-hybridized carbons (Fsp3) is 0.348. The number of ether oxygens (including phenoxy) is 1. The summed E-state index contributed by atoms with van der Waals surface area (Å²) in [5, 5.41) is 10.9. The van der Waals surface area contributed by atoms with Gasteiger partial charge in [-0.3, -0.25) is 4.90 Å². The molecular weight excluding hydrogens is 336 g/mol. The summed E-state index contributed by atoms with van der Waals surface area (Å²) in [5.41, 5.74) is 6.21. The smallest absolute Gasteiger partial charge is 0.0764 e. The van der Waals surface area contributed by atoms with E-state index in [1.165, 1.54) is 5.56 Å². The van der Waals surface area contributed by atoms with Crippen LogP contribution in [0.15, 0.2) is 48.5 Å². The van der Waals surface area contributed by atoms with Gasteiger partial charge in [0.25, 0.3) is 0 Å². The molecule has 1 aromatic heterocycles. The zero-order valence-corrected chi connectivity index (χ0v) is 16.0. The summed E-state index contributed by atoms with van der Waals surface area (Å²) < 4.78 is 5.46. The number of morpholine rings is 1. The number of pyridine rings is 1. The Bertz CT molecular complexity index is 931. The predicted molar refractivity (Wildman–Crippen MR) is 109 cm³/mol. The van der Waals surface area contributed by atoms with Gasteiger partial charge in [-0.05, 0) is 31.0 Å². The first-order chi connectivity index (χ1) is 13.2. The van der Waals surface area contributed by atoms with Gasteiger partial charge in [-0.2, -0.15) is 0 Å². The second kappa shape index (κ2) is 7.77. The lowest BCUT2D eigenvalue weighted by molar-refractivity contribution is 0.0198. The Morgan fingerprint density at radius 3 is 2.56 bits per heavy atom. The average Bonchev–Trinajstić information content (AvgIpc) is 2.73. The van der Waals surface area contributed by atoms with Crippen molar-refractivity contribution in [1.82, 2.24) is 9.88 Å². The van der Waals surface area contributed by atoms with Crippen LogP contribution in [-0.2, 0) is 11.3 Å². The van der Waals surface area contributed by atoms with Crippen molar-refractivity contribution in [3.8, 4) is 11.3 Å². The molecule has 27 heavy (non-hydrogen) atoms. The minimum atomic E-state index is -0.0157. The van der Waals surface area contributed by atoms with Gasteiger partial charge in [0, 0.05) is 35.6 Å². The minimum Gasteiger partial charge on any atom is -0.392 e. The highest BCUT2D eigenvalue weighted by Crippen LogP contribution is 2.29. The van der Waals surface area contributed by atoms with Gasteiger partial charge in [0.15, 0.2) is 0 Å². The van der Waals surface area contributed by atoms with E-state index in [-0.39, 0.29) is 6.61 Å². The fourth-order valence-corrected chi connectivity index (χ4v) is 3.86. The number of benzene rings is 2. The van der Waals surface area contributed by atoms with Crippen molar-refractivity contribution in [3.63, 3.8) is 0 Å². The Balaban J connectivity index is 1.68. The van der Waals surface area contributed by atoms with Gasteiger partial charge in [-0.15, -0.1) is 0 Å². The number of nitrogens with zero attached hydrogens (tertiary/aromatic N) is 2. The highest BCUT2D eigenvalue weighted by Gasteiger charge is 2.18. The fourth-order valence-electron chi connectivity index (χ4n) is 3.86. The van der Waals surface area contributed by atoms with Gasteiger partial charge >= 0.3 is 0 Å². The lowest BCUT2D eigenvalue weighted by atomic mass is 9.99. The van der Waals surface area contributed by atoms with Crippen molar-refractivity contribution in [3.05, 3.63) is 65.2 Å². The Hall–Kier alpha value is -2.27. The number of aliphatic hydroxyl groups is 1. The van der Waals surface area contributed by atoms with Crippen molar-refractivity contribution >= 4 is 10.9 Å². The third-order valence-electron chi connectivity index (χ3n) is 5.56. The summed E-state index contributed by atoms with van der Waals surface area (Å²) in [7, 11) is 0. The van der Waals surface area contributed by atoms with Gasteiger partial charge in [0.2, 0.25) is 0 Å². The summed E-state index contributed by atoms with van der Waals surface area (Å²) in [5.74, 6) is 0. The quantitative estimate of drug-likeness (QED) is 0.759. The molecule has 0 spiro atoms. The molecule has 4 nitrogen and oxygen atoms in total.